The van der Waals surface area contributed by atoms with Crippen LogP contribution in [0.1, 0.15) is 168 Å². The molecule has 6 aliphatic rings. The lowest BCUT2D eigenvalue weighted by molar-refractivity contribution is -0.250. The van der Waals surface area contributed by atoms with Crippen LogP contribution in [0.15, 0.2) is 60.7 Å². The molecule has 11 N–H and O–H groups in total. The quantitative estimate of drug-likeness (QED) is 0.0694. The molecule has 4 aliphatic carbocycles. The van der Waals surface area contributed by atoms with Crippen molar-refractivity contribution in [1.82, 2.24) is 10.6 Å². The van der Waals surface area contributed by atoms with Gasteiger partial charge in [0, 0.05) is 103 Å². The molecular weight excluding hydrogens is 1090 g/mol. The summed E-state index contributed by atoms with van der Waals surface area (Å²) in [5, 5.41) is 110. The minimum Gasteiger partial charge on any atom is -0.507 e. The van der Waals surface area contributed by atoms with Crippen molar-refractivity contribution in [2.24, 2.45) is 0 Å². The molecule has 0 saturated carbocycles. The monoisotopic (exact) mass is 1160 g/mol. The Kier molecular flexibility index (Phi) is 15.3. The van der Waals surface area contributed by atoms with Gasteiger partial charge in [0.2, 0.25) is 5.78 Å². The SMILES string of the molecule is COc1cccc2c1C(=O)c1c(O)c3c(c(O)c1C2=O)C[C@@](O)(C(C)=O)CC3OC1CC(NCc2ccc(CNC3CC(O[C@H]4C[C@](O)(C(C)=O)Cc5c(O)c6c(c(O)c54)C(=O)c4c(CO)cccc4C6=O)OC(C)C3O)cc2)C(O)C(C)O1. The van der Waals surface area contributed by atoms with Gasteiger partial charge in [-0.15, -0.1) is 0 Å². The second kappa shape index (κ2) is 21.9. The summed E-state index contributed by atoms with van der Waals surface area (Å²) in [5.74, 6) is -7.22. The predicted octanol–water partition coefficient (Wildman–Crippen LogP) is 3.52. The van der Waals surface area contributed by atoms with Crippen LogP contribution in [-0.4, -0.2) is 148 Å². The number of carbonyl (C=O) groups excluding carboxylic acids is 6. The molecule has 2 aliphatic heterocycles. The average Bonchev–Trinajstić information content (AvgIpc) is 1.06. The van der Waals surface area contributed by atoms with E-state index in [0.29, 0.717) is 0 Å². The number of ether oxygens (including phenoxy) is 5. The van der Waals surface area contributed by atoms with E-state index >= 15 is 0 Å². The van der Waals surface area contributed by atoms with Gasteiger partial charge < -0.3 is 80.3 Å². The zero-order valence-corrected chi connectivity index (χ0v) is 46.4. The van der Waals surface area contributed by atoms with E-state index in [0.717, 1.165) is 25.0 Å². The van der Waals surface area contributed by atoms with Crippen LogP contribution in [0.2, 0.25) is 0 Å². The average molecular weight is 1160 g/mol. The summed E-state index contributed by atoms with van der Waals surface area (Å²) in [6.45, 7) is 5.48. The van der Waals surface area contributed by atoms with Gasteiger partial charge in [-0.3, -0.25) is 28.8 Å². The molecule has 5 aromatic carbocycles. The van der Waals surface area contributed by atoms with Gasteiger partial charge in [-0.2, -0.15) is 0 Å². The molecule has 84 heavy (non-hydrogen) atoms. The highest BCUT2D eigenvalue weighted by atomic mass is 16.7. The zero-order valence-electron chi connectivity index (χ0n) is 46.4. The lowest BCUT2D eigenvalue weighted by atomic mass is 9.71. The molecule has 2 heterocycles. The second-order valence-corrected chi connectivity index (χ2v) is 22.8. The highest BCUT2D eigenvalue weighted by molar-refractivity contribution is 6.32. The number of nitrogens with one attached hydrogen (secondary N) is 2. The first-order valence-electron chi connectivity index (χ1n) is 27.7. The van der Waals surface area contributed by atoms with Gasteiger partial charge in [0.1, 0.15) is 39.9 Å². The standard InChI is InChI=1S/C62H64N2O20/c1-25-51(68)36(16-41(81-25)83-39-20-61(78,27(3)66)18-34-45(39)59(76)49-47(55(34)72)53(70)32-9-6-8-31(24-65)43(32)57(49)74)63-22-29-12-14-30(15-13-29)23-64-37-17-42(82-26(2)52(37)69)84-40-21-62(79,28(4)67)19-35-46(40)60(77)50-48(56(35)73)54(71)33-10-7-11-38(80-5)44(33)58(50)75/h6-15,25-26,36-37,39-42,51-52,63-65,68-69,72-73,76-79H,16-24H2,1-5H3/t25?,26?,36?,37?,39-,40?,41?,42?,51?,52?,61-,62-/m0/s1. The molecule has 22 heteroatoms. The normalized spacial score (nSPS) is 28.8. The lowest BCUT2D eigenvalue weighted by Gasteiger charge is -2.43. The molecule has 442 valence electrons. The summed E-state index contributed by atoms with van der Waals surface area (Å²) < 4.78 is 30.4. The molecule has 0 spiro atoms. The number of phenols is 4. The summed E-state index contributed by atoms with van der Waals surface area (Å²) in [6, 6.07) is 14.8. The number of aliphatic hydroxyl groups is 5. The molecule has 0 aromatic heterocycles. The van der Waals surface area contributed by atoms with Gasteiger partial charge in [0.15, 0.2) is 41.5 Å². The molecule has 12 atom stereocenters. The number of benzene rings is 5. The van der Waals surface area contributed by atoms with Crippen molar-refractivity contribution in [3.8, 4) is 28.7 Å². The molecular formula is C62H64N2O20. The number of phenolic OH excluding ortho intramolecular Hbond substituents is 4. The number of carbonyl (C=O) groups is 6. The number of Topliss-reactive ketones (excluding diaryl/α,β-unsaturated/α-hetero) is 2. The number of hydrogen-bond acceptors (Lipinski definition) is 22. The Balaban J connectivity index is 0.763. The van der Waals surface area contributed by atoms with E-state index in [1.165, 1.54) is 43.5 Å². The van der Waals surface area contributed by atoms with E-state index in [-0.39, 0.29) is 81.8 Å². The van der Waals surface area contributed by atoms with Crippen molar-refractivity contribution in [1.29, 1.82) is 0 Å². The number of aliphatic hydroxyl groups excluding tert-OH is 3. The molecule has 9 unspecified atom stereocenters. The largest absolute Gasteiger partial charge is 0.507 e. The third-order valence-corrected chi connectivity index (χ3v) is 17.7. The highest BCUT2D eigenvalue weighted by Crippen LogP contribution is 2.55. The molecule has 2 fully saturated rings. The first-order chi connectivity index (χ1) is 39.9. The first-order valence-corrected chi connectivity index (χ1v) is 27.7. The van der Waals surface area contributed by atoms with Crippen LogP contribution in [0.25, 0.3) is 0 Å². The maximum absolute atomic E-state index is 14.1. The lowest BCUT2D eigenvalue weighted by Crippen LogP contribution is -2.54. The summed E-state index contributed by atoms with van der Waals surface area (Å²) >= 11 is 0. The molecule has 2 saturated heterocycles. The number of rotatable bonds is 14. The fourth-order valence-electron chi connectivity index (χ4n) is 13.0. The Bertz CT molecular complexity index is 3370. The molecule has 5 aromatic rings. The summed E-state index contributed by atoms with van der Waals surface area (Å²) in [6.07, 6.45) is -10.6. The minimum absolute atomic E-state index is 0.0124. The van der Waals surface area contributed by atoms with Crippen molar-refractivity contribution in [2.45, 2.75) is 158 Å². The maximum Gasteiger partial charge on any atom is 0.202 e. The van der Waals surface area contributed by atoms with Crippen LogP contribution < -0.4 is 15.4 Å². The highest BCUT2D eigenvalue weighted by Gasteiger charge is 2.52. The maximum atomic E-state index is 14.1. The summed E-state index contributed by atoms with van der Waals surface area (Å²) in [7, 11) is 1.32. The van der Waals surface area contributed by atoms with Crippen molar-refractivity contribution in [3.05, 3.63) is 144 Å². The second-order valence-electron chi connectivity index (χ2n) is 22.8. The van der Waals surface area contributed by atoms with E-state index in [2.05, 4.69) is 10.6 Å². The third-order valence-electron chi connectivity index (χ3n) is 17.7. The van der Waals surface area contributed by atoms with E-state index in [1.54, 1.807) is 13.8 Å². The fourth-order valence-corrected chi connectivity index (χ4v) is 13.0. The number of aromatic hydroxyl groups is 4. The zero-order chi connectivity index (χ0) is 60.2. The van der Waals surface area contributed by atoms with Gasteiger partial charge in [-0.1, -0.05) is 54.6 Å². The topological polar surface area (TPSA) is 355 Å². The number of ketones is 6. The van der Waals surface area contributed by atoms with Gasteiger partial charge in [-0.25, -0.2) is 0 Å². The predicted molar refractivity (Wildman–Crippen MR) is 292 cm³/mol. The first kappa shape index (κ1) is 58.5. The van der Waals surface area contributed by atoms with E-state index < -0.39 is 185 Å². The van der Waals surface area contributed by atoms with Crippen molar-refractivity contribution in [3.63, 3.8) is 0 Å². The number of methoxy groups -OCH3 is 1. The van der Waals surface area contributed by atoms with E-state index in [4.69, 9.17) is 23.7 Å². The van der Waals surface area contributed by atoms with Crippen LogP contribution in [-0.2, 0) is 61.1 Å². The molecule has 0 radical (unpaired) electrons. The van der Waals surface area contributed by atoms with Crippen molar-refractivity contribution >= 4 is 34.7 Å². The van der Waals surface area contributed by atoms with Gasteiger partial charge >= 0.3 is 0 Å². The smallest absolute Gasteiger partial charge is 0.202 e. The van der Waals surface area contributed by atoms with Gasteiger partial charge in [-0.05, 0) is 50.5 Å². The minimum atomic E-state index is -2.13. The molecule has 22 nitrogen and oxygen atoms in total. The Morgan fingerprint density at radius 3 is 1.40 bits per heavy atom. The molecule has 11 rings (SSSR count). The van der Waals surface area contributed by atoms with Crippen LogP contribution in [0.4, 0.5) is 0 Å². The third kappa shape index (κ3) is 9.68. The van der Waals surface area contributed by atoms with Gasteiger partial charge in [0.25, 0.3) is 0 Å². The summed E-state index contributed by atoms with van der Waals surface area (Å²) in [5.41, 5.74) is -5.42. The molecule has 0 amide bonds. The Morgan fingerprint density at radius 2 is 0.988 bits per heavy atom. The van der Waals surface area contributed by atoms with Crippen molar-refractivity contribution < 1.29 is 98.4 Å². The van der Waals surface area contributed by atoms with Crippen LogP contribution in [0.3, 0.4) is 0 Å². The Labute approximate surface area is 480 Å². The van der Waals surface area contributed by atoms with Crippen molar-refractivity contribution in [2.75, 3.05) is 7.11 Å². The Hall–Kier alpha value is -7.32. The fraction of sp³-hybridized carbons (Fsp3) is 0.419. The Morgan fingerprint density at radius 1 is 0.583 bits per heavy atom. The van der Waals surface area contributed by atoms with Crippen LogP contribution in [0, 0.1) is 0 Å². The molecule has 0 bridgehead atoms. The van der Waals surface area contributed by atoms with Crippen LogP contribution in [0.5, 0.6) is 28.7 Å². The van der Waals surface area contributed by atoms with E-state index in [1.807, 2.05) is 24.3 Å². The van der Waals surface area contributed by atoms with Gasteiger partial charge in [0.05, 0.1) is 78.2 Å². The number of hydrogen-bond donors (Lipinski definition) is 11. The van der Waals surface area contributed by atoms with E-state index in [9.17, 15) is 74.7 Å². The van der Waals surface area contributed by atoms with Crippen LogP contribution >= 0.6 is 0 Å². The number of fused-ring (bicyclic) bond motifs is 6. The summed E-state index contributed by atoms with van der Waals surface area (Å²) in [4.78, 5) is 82.1.